The highest BCUT2D eigenvalue weighted by Gasteiger charge is 2.57. The third-order valence-corrected chi connectivity index (χ3v) is 11.7. The van der Waals surface area contributed by atoms with E-state index in [1.807, 2.05) is 4.90 Å². The molecule has 3 unspecified atom stereocenters. The number of nitrogens with zero attached hydrogens (tertiary/aromatic N) is 6. The predicted octanol–water partition coefficient (Wildman–Crippen LogP) is 9.65. The van der Waals surface area contributed by atoms with Gasteiger partial charge in [-0.1, -0.05) is 24.3 Å². The van der Waals surface area contributed by atoms with Gasteiger partial charge in [0.25, 0.3) is 0 Å². The number of rotatable bonds is 8. The highest BCUT2D eigenvalue weighted by molar-refractivity contribution is 5.97. The Morgan fingerprint density at radius 2 is 1.52 bits per heavy atom. The van der Waals surface area contributed by atoms with Crippen molar-refractivity contribution in [3.05, 3.63) is 94.8 Å². The fraction of sp³-hybridized carbons (Fsp3) is 0.422. The van der Waals surface area contributed by atoms with Crippen LogP contribution in [0.5, 0.6) is 17.4 Å². The summed E-state index contributed by atoms with van der Waals surface area (Å²) in [5.74, 6) is -1.01. The summed E-state index contributed by atoms with van der Waals surface area (Å²) in [7, 11) is 3.05. The lowest BCUT2D eigenvalue weighted by atomic mass is 9.88. The molecule has 61 heavy (non-hydrogen) atoms. The zero-order chi connectivity index (χ0) is 43.8. The van der Waals surface area contributed by atoms with Gasteiger partial charge in [-0.25, -0.2) is 28.5 Å². The van der Waals surface area contributed by atoms with Crippen LogP contribution in [0, 0.1) is 18.6 Å². The molecular formula is C45H47F5N6O5. The Bertz CT molecular complexity index is 2440. The van der Waals surface area contributed by atoms with Gasteiger partial charge in [-0.05, 0) is 101 Å². The summed E-state index contributed by atoms with van der Waals surface area (Å²) in [6, 6.07) is 13.8. The maximum absolute atomic E-state index is 17.3. The average molecular weight is 847 g/mol. The number of hydrogen-bond donors (Lipinski definition) is 0. The molecule has 0 saturated carbocycles. The third-order valence-electron chi connectivity index (χ3n) is 11.7. The lowest BCUT2D eigenvalue weighted by Crippen LogP contribution is -2.68. The molecule has 16 heteroatoms. The Kier molecular flexibility index (Phi) is 10.4. The molecule has 8 rings (SSSR count). The van der Waals surface area contributed by atoms with E-state index in [1.165, 1.54) is 14.2 Å². The Morgan fingerprint density at radius 3 is 2.08 bits per heavy atom. The molecule has 2 aromatic heterocycles. The zero-order valence-electron chi connectivity index (χ0n) is 35.2. The van der Waals surface area contributed by atoms with Gasteiger partial charge in [-0.15, -0.1) is 0 Å². The van der Waals surface area contributed by atoms with E-state index in [1.54, 1.807) is 92.9 Å². The number of alkyl halides is 3. The van der Waals surface area contributed by atoms with E-state index in [0.717, 1.165) is 19.3 Å². The van der Waals surface area contributed by atoms with Crippen molar-refractivity contribution in [3.63, 3.8) is 0 Å². The number of piperazine rings is 1. The van der Waals surface area contributed by atoms with Crippen LogP contribution in [0.15, 0.2) is 60.9 Å². The van der Waals surface area contributed by atoms with Crippen LogP contribution in [0.25, 0.3) is 22.2 Å². The van der Waals surface area contributed by atoms with Crippen LogP contribution in [-0.4, -0.2) is 76.0 Å². The molecule has 0 radical (unpaired) electrons. The molecule has 1 amide bonds. The SMILES string of the molecule is COc1ccc(CN(Cc2ccc(OC)cc2)c2cc(-c3nc4c5c(ncnc5c3F)N3CC5CCC(C3C(C)(C)O4)N5C(=O)OC(C)(C)C)c(C(F)(F)F)c(C)c2F)cc1. The molecule has 5 heterocycles. The second-order valence-electron chi connectivity index (χ2n) is 17.3. The molecule has 5 aromatic rings. The number of carbonyl (C=O) groups excluding carboxylic acids is 1. The maximum atomic E-state index is 17.3. The van der Waals surface area contributed by atoms with Gasteiger partial charge in [-0.3, -0.25) is 4.90 Å². The first kappa shape index (κ1) is 41.8. The highest BCUT2D eigenvalue weighted by atomic mass is 19.4. The first-order valence-electron chi connectivity index (χ1n) is 20.0. The van der Waals surface area contributed by atoms with Gasteiger partial charge in [-0.2, -0.15) is 13.2 Å². The largest absolute Gasteiger partial charge is 0.497 e. The second-order valence-corrected chi connectivity index (χ2v) is 17.3. The second kappa shape index (κ2) is 15.2. The topological polar surface area (TPSA) is 102 Å². The third kappa shape index (κ3) is 7.58. The summed E-state index contributed by atoms with van der Waals surface area (Å²) in [5, 5.41) is 0.0812. The van der Waals surface area contributed by atoms with Crippen molar-refractivity contribution in [2.75, 3.05) is 30.6 Å². The molecule has 2 fully saturated rings. The van der Waals surface area contributed by atoms with Crippen molar-refractivity contribution in [1.29, 1.82) is 0 Å². The van der Waals surface area contributed by atoms with Crippen molar-refractivity contribution in [3.8, 4) is 28.6 Å². The van der Waals surface area contributed by atoms with Crippen molar-refractivity contribution in [2.45, 2.75) is 103 Å². The minimum absolute atomic E-state index is 0.0592. The van der Waals surface area contributed by atoms with Crippen molar-refractivity contribution >= 4 is 28.5 Å². The van der Waals surface area contributed by atoms with E-state index in [4.69, 9.17) is 18.9 Å². The van der Waals surface area contributed by atoms with Crippen LogP contribution in [0.2, 0.25) is 0 Å². The van der Waals surface area contributed by atoms with Crippen LogP contribution in [0.3, 0.4) is 0 Å². The Labute approximate surface area is 350 Å². The molecule has 11 nitrogen and oxygen atoms in total. The molecule has 3 aromatic carbocycles. The van der Waals surface area contributed by atoms with Gasteiger partial charge in [0, 0.05) is 25.2 Å². The number of hydrogen-bond acceptors (Lipinski definition) is 10. The van der Waals surface area contributed by atoms with Crippen molar-refractivity contribution < 1.29 is 45.7 Å². The number of amides is 1. The van der Waals surface area contributed by atoms with E-state index >= 15 is 22.0 Å². The van der Waals surface area contributed by atoms with Crippen molar-refractivity contribution in [2.24, 2.45) is 0 Å². The van der Waals surface area contributed by atoms with Gasteiger partial charge in [0.05, 0.1) is 43.6 Å². The number of aromatic nitrogens is 3. The number of fused-ring (bicyclic) bond motifs is 5. The molecule has 2 saturated heterocycles. The number of carbonyl (C=O) groups is 1. The summed E-state index contributed by atoms with van der Waals surface area (Å²) in [6.07, 6.45) is -3.14. The fourth-order valence-electron chi connectivity index (χ4n) is 9.13. The number of benzene rings is 3. The first-order chi connectivity index (χ1) is 28.8. The van der Waals surface area contributed by atoms with E-state index in [-0.39, 0.29) is 47.4 Å². The van der Waals surface area contributed by atoms with E-state index < -0.39 is 69.6 Å². The first-order valence-corrected chi connectivity index (χ1v) is 20.0. The van der Waals surface area contributed by atoms with E-state index in [2.05, 4.69) is 15.0 Å². The molecule has 0 aliphatic carbocycles. The highest BCUT2D eigenvalue weighted by Crippen LogP contribution is 2.50. The van der Waals surface area contributed by atoms with Crippen LogP contribution in [0.4, 0.5) is 38.3 Å². The summed E-state index contributed by atoms with van der Waals surface area (Å²) in [6.45, 7) is 10.4. The van der Waals surface area contributed by atoms with Gasteiger partial charge in [0.15, 0.2) is 5.82 Å². The predicted molar refractivity (Wildman–Crippen MR) is 219 cm³/mol. The van der Waals surface area contributed by atoms with Crippen LogP contribution >= 0.6 is 0 Å². The minimum Gasteiger partial charge on any atom is -0.497 e. The van der Waals surface area contributed by atoms with Gasteiger partial charge >= 0.3 is 12.3 Å². The average Bonchev–Trinajstić information content (AvgIpc) is 3.45. The standard InChI is InChI=1S/C45H47F5N6O5/c1-24-34(45(48,49)50)30(19-32(35(24)46)54(20-25-9-14-28(58-7)15-10-25)21-26-11-16-29(59-8)17-12-26)37-36(47)38-33-40(52-23-51-38)55-22-27-13-18-31(56(27)42(57)61-43(2,3)4)39(55)44(5,6)60-41(33)53-37/h9-12,14-17,19,23,27,31,39H,13,18,20-22H2,1-8H3. The number of pyridine rings is 1. The normalized spacial score (nSPS) is 19.3. The molecule has 3 aliphatic heterocycles. The molecule has 3 atom stereocenters. The molecule has 3 aliphatic rings. The Balaban J connectivity index is 1.29. The van der Waals surface area contributed by atoms with Crippen LogP contribution in [-0.2, 0) is 24.0 Å². The summed E-state index contributed by atoms with van der Waals surface area (Å²) in [5.41, 5.74) is -4.54. The Hall–Kier alpha value is -5.93. The van der Waals surface area contributed by atoms with Gasteiger partial charge in [0.2, 0.25) is 5.88 Å². The van der Waals surface area contributed by atoms with Gasteiger partial charge < -0.3 is 28.7 Å². The summed E-state index contributed by atoms with van der Waals surface area (Å²) >= 11 is 0. The van der Waals surface area contributed by atoms with Gasteiger partial charge in [0.1, 0.15) is 57.3 Å². The molecule has 0 N–H and O–H groups in total. The Morgan fingerprint density at radius 1 is 0.918 bits per heavy atom. The van der Waals surface area contributed by atoms with Crippen molar-refractivity contribution in [1.82, 2.24) is 19.9 Å². The quantitative estimate of drug-likeness (QED) is 0.140. The van der Waals surface area contributed by atoms with E-state index in [9.17, 15) is 4.79 Å². The molecule has 2 bridgehead atoms. The smallest absolute Gasteiger partial charge is 0.417 e. The summed E-state index contributed by atoms with van der Waals surface area (Å²) < 4.78 is 103. The molecule has 322 valence electrons. The number of anilines is 2. The zero-order valence-corrected chi connectivity index (χ0v) is 35.2. The number of halogens is 5. The number of methoxy groups -OCH3 is 2. The minimum atomic E-state index is -5.13. The molecule has 0 spiro atoms. The fourth-order valence-corrected chi connectivity index (χ4v) is 9.13. The lowest BCUT2D eigenvalue weighted by molar-refractivity contribution is -0.137. The number of ether oxygens (including phenoxy) is 4. The van der Waals surface area contributed by atoms with Crippen LogP contribution < -0.4 is 24.0 Å². The lowest BCUT2D eigenvalue weighted by Gasteiger charge is -2.51. The monoisotopic (exact) mass is 846 g/mol. The van der Waals surface area contributed by atoms with E-state index in [0.29, 0.717) is 42.0 Å². The molecular weight excluding hydrogens is 800 g/mol. The van der Waals surface area contributed by atoms with Crippen LogP contribution in [0.1, 0.15) is 69.7 Å². The maximum Gasteiger partial charge on any atom is 0.417 e. The summed E-state index contributed by atoms with van der Waals surface area (Å²) in [4.78, 5) is 32.3.